The Morgan fingerprint density at radius 1 is 1.88 bits per heavy atom. The number of hydrogen-bond donors (Lipinski definition) is 0. The quantitative estimate of drug-likeness (QED) is 0.518. The van der Waals surface area contributed by atoms with Crippen LogP contribution < -0.4 is 0 Å². The molecule has 8 heavy (non-hydrogen) atoms. The number of allylic oxidation sites excluding steroid dienone is 2. The third-order valence-corrected chi connectivity index (χ3v) is 2.62. The van der Waals surface area contributed by atoms with Crippen LogP contribution in [0.15, 0.2) is 11.0 Å². The average molecular weight is 144 g/mol. The molecule has 1 rings (SSSR count). The summed E-state index contributed by atoms with van der Waals surface area (Å²) in [6.07, 6.45) is 3.42. The van der Waals surface area contributed by atoms with Gasteiger partial charge in [-0.3, -0.25) is 0 Å². The summed E-state index contributed by atoms with van der Waals surface area (Å²) in [4.78, 5) is 2.37. The van der Waals surface area contributed by atoms with Crippen LogP contribution in [-0.4, -0.2) is 10.6 Å². The fourth-order valence-corrected chi connectivity index (χ4v) is 1.82. The van der Waals surface area contributed by atoms with Crippen LogP contribution >= 0.6 is 24.0 Å². The molecule has 0 fully saturated rings. The Morgan fingerprint density at radius 2 is 2.62 bits per heavy atom. The molecule has 0 aliphatic carbocycles. The van der Waals surface area contributed by atoms with Gasteiger partial charge in [0.2, 0.25) is 0 Å². The molecule has 1 aliphatic heterocycles. The first-order chi connectivity index (χ1) is 3.80. The molecule has 0 spiro atoms. The molecule has 0 bridgehead atoms. The zero-order valence-corrected chi connectivity index (χ0v) is 6.44. The Labute approximate surface area is 59.4 Å². The second-order valence-corrected chi connectivity index (χ2v) is 3.51. The van der Waals surface area contributed by atoms with Crippen molar-refractivity contribution in [3.05, 3.63) is 11.0 Å². The predicted octanol–water partition coefficient (Wildman–Crippen LogP) is 2.40. The molecule has 0 unspecified atom stereocenters. The third-order valence-electron chi connectivity index (χ3n) is 1.05. The molecule has 0 aromatic heterocycles. The first kappa shape index (κ1) is 6.30. The average Bonchev–Trinajstić information content (AvgIpc) is 2.12. The van der Waals surface area contributed by atoms with Crippen LogP contribution in [-0.2, 0) is 0 Å². The van der Waals surface area contributed by atoms with Crippen molar-refractivity contribution < 1.29 is 0 Å². The van der Waals surface area contributed by atoms with E-state index in [1.165, 1.54) is 17.1 Å². The van der Waals surface area contributed by atoms with Gasteiger partial charge >= 0.3 is 0 Å². The summed E-state index contributed by atoms with van der Waals surface area (Å²) >= 11 is 6.84. The van der Waals surface area contributed by atoms with Crippen LogP contribution in [0, 0.1) is 0 Å². The van der Waals surface area contributed by atoms with Crippen molar-refractivity contribution in [3.8, 4) is 0 Å². The van der Waals surface area contributed by atoms with Gasteiger partial charge in [-0.05, 0) is 13.3 Å². The molecule has 1 aliphatic rings. The van der Waals surface area contributed by atoms with Gasteiger partial charge in [-0.2, -0.15) is 0 Å². The zero-order valence-electron chi connectivity index (χ0n) is 4.81. The van der Waals surface area contributed by atoms with Gasteiger partial charge in [-0.25, -0.2) is 0 Å². The second kappa shape index (κ2) is 2.65. The molecule has 0 amide bonds. The van der Waals surface area contributed by atoms with Crippen LogP contribution in [0.2, 0.25) is 0 Å². The highest BCUT2D eigenvalue weighted by Gasteiger charge is 2.04. The van der Waals surface area contributed by atoms with Crippen molar-refractivity contribution in [1.29, 1.82) is 0 Å². The van der Waals surface area contributed by atoms with E-state index in [0.29, 0.717) is 0 Å². The lowest BCUT2D eigenvalue weighted by molar-refractivity contribution is 1.27. The van der Waals surface area contributed by atoms with Crippen LogP contribution in [0.1, 0.15) is 13.3 Å². The van der Waals surface area contributed by atoms with Crippen molar-refractivity contribution in [2.45, 2.75) is 13.3 Å². The second-order valence-electron chi connectivity index (χ2n) is 1.76. The van der Waals surface area contributed by atoms with E-state index in [1.807, 2.05) is 18.7 Å². The molecule has 0 saturated carbocycles. The monoisotopic (exact) mass is 144 g/mol. The van der Waals surface area contributed by atoms with Gasteiger partial charge in [0.25, 0.3) is 0 Å². The number of thioether (sulfide) groups is 1. The van der Waals surface area contributed by atoms with E-state index in [-0.39, 0.29) is 0 Å². The number of thiocarbonyl (C=S) groups is 1. The van der Waals surface area contributed by atoms with E-state index in [0.717, 1.165) is 4.86 Å². The van der Waals surface area contributed by atoms with E-state index >= 15 is 0 Å². The molecule has 0 saturated heterocycles. The van der Waals surface area contributed by atoms with Gasteiger partial charge in [0.1, 0.15) is 0 Å². The maximum absolute atomic E-state index is 4.97. The van der Waals surface area contributed by atoms with Crippen molar-refractivity contribution in [2.75, 3.05) is 5.75 Å². The van der Waals surface area contributed by atoms with Crippen molar-refractivity contribution >= 4 is 28.8 Å². The molecule has 0 nitrogen and oxygen atoms in total. The first-order valence-electron chi connectivity index (χ1n) is 2.64. The Hall–Kier alpha value is 0.180. The van der Waals surface area contributed by atoms with E-state index in [2.05, 4.69) is 6.08 Å². The van der Waals surface area contributed by atoms with Crippen molar-refractivity contribution in [2.24, 2.45) is 0 Å². The summed E-state index contributed by atoms with van der Waals surface area (Å²) in [6, 6.07) is 0. The van der Waals surface area contributed by atoms with Crippen molar-refractivity contribution in [3.63, 3.8) is 0 Å². The number of hydrogen-bond acceptors (Lipinski definition) is 2. The summed E-state index contributed by atoms with van der Waals surface area (Å²) in [6.45, 7) is 1.99. The molecule has 1 heterocycles. The summed E-state index contributed by atoms with van der Waals surface area (Å²) < 4.78 is 0. The smallest absolute Gasteiger partial charge is 0.0253 e. The van der Waals surface area contributed by atoms with E-state index < -0.39 is 0 Å². The molecule has 0 radical (unpaired) electrons. The SMILES string of the molecule is CC(=S)C1=CCCS1. The first-order valence-corrected chi connectivity index (χ1v) is 4.04. The normalized spacial score (nSPS) is 18.4. The standard InChI is InChI=1S/C6H8S2/c1-5(7)6-3-2-4-8-6/h3H,2,4H2,1H3. The minimum atomic E-state index is 1.05. The Kier molecular flexibility index (Phi) is 2.08. The Bertz CT molecular complexity index is 135. The highest BCUT2D eigenvalue weighted by atomic mass is 32.2. The summed E-state index contributed by atoms with van der Waals surface area (Å²) in [5.41, 5.74) is 0. The molecule has 2 heteroatoms. The minimum Gasteiger partial charge on any atom is -0.125 e. The van der Waals surface area contributed by atoms with Gasteiger partial charge in [0.05, 0.1) is 0 Å². The topological polar surface area (TPSA) is 0 Å². The lowest BCUT2D eigenvalue weighted by Gasteiger charge is -1.92. The number of rotatable bonds is 1. The summed E-state index contributed by atoms with van der Waals surface area (Å²) in [7, 11) is 0. The molecule has 44 valence electrons. The van der Waals surface area contributed by atoms with Crippen LogP contribution in [0.4, 0.5) is 0 Å². The lowest BCUT2D eigenvalue weighted by Crippen LogP contribution is -1.83. The minimum absolute atomic E-state index is 1.05. The molecular weight excluding hydrogens is 136 g/mol. The van der Waals surface area contributed by atoms with Gasteiger partial charge in [0.15, 0.2) is 0 Å². The van der Waals surface area contributed by atoms with Crippen molar-refractivity contribution in [1.82, 2.24) is 0 Å². The molecule has 0 atom stereocenters. The third kappa shape index (κ3) is 1.33. The van der Waals surface area contributed by atoms with Gasteiger partial charge in [-0.15, -0.1) is 11.8 Å². The molecule has 0 N–H and O–H groups in total. The Balaban J connectivity index is 2.57. The molecule has 0 aromatic carbocycles. The maximum atomic E-state index is 4.97. The fourth-order valence-electron chi connectivity index (χ4n) is 0.663. The maximum Gasteiger partial charge on any atom is 0.0253 e. The van der Waals surface area contributed by atoms with E-state index in [9.17, 15) is 0 Å². The molecular formula is C6H8S2. The fraction of sp³-hybridized carbons (Fsp3) is 0.500. The van der Waals surface area contributed by atoms with Gasteiger partial charge in [0, 0.05) is 15.5 Å². The van der Waals surface area contributed by atoms with E-state index in [1.54, 1.807) is 0 Å². The largest absolute Gasteiger partial charge is 0.125 e. The van der Waals surface area contributed by atoms with E-state index in [4.69, 9.17) is 12.2 Å². The highest BCUT2D eigenvalue weighted by molar-refractivity contribution is 8.05. The molecule has 0 aromatic rings. The zero-order chi connectivity index (χ0) is 5.98. The van der Waals surface area contributed by atoms with Crippen LogP contribution in [0.5, 0.6) is 0 Å². The Morgan fingerprint density at radius 3 is 2.88 bits per heavy atom. The van der Waals surface area contributed by atoms with Gasteiger partial charge in [-0.1, -0.05) is 18.3 Å². The summed E-state index contributed by atoms with van der Waals surface area (Å²) in [5, 5.41) is 0. The van der Waals surface area contributed by atoms with Gasteiger partial charge < -0.3 is 0 Å². The lowest BCUT2D eigenvalue weighted by atomic mass is 10.3. The predicted molar refractivity (Wildman–Crippen MR) is 43.4 cm³/mol. The van der Waals surface area contributed by atoms with Crippen LogP contribution in [0.25, 0.3) is 0 Å². The summed E-state index contributed by atoms with van der Waals surface area (Å²) in [5.74, 6) is 1.23. The van der Waals surface area contributed by atoms with Crippen LogP contribution in [0.3, 0.4) is 0 Å². The highest BCUT2D eigenvalue weighted by Crippen LogP contribution is 2.25.